The van der Waals surface area contributed by atoms with Gasteiger partial charge in [0.25, 0.3) is 0 Å². The molecule has 2 aromatic rings. The van der Waals surface area contributed by atoms with Crippen LogP contribution in [0, 0.1) is 6.92 Å². The minimum Gasteiger partial charge on any atom is -0.323 e. The number of nitrogens with zero attached hydrogens (tertiary/aromatic N) is 2. The standard InChI is InChI=1S/C13H14BrN3OS/c1-9-8-19-12(15-9)16-13(18)17(2)7-10-5-3-4-6-11(10)14/h3-6,8H,7H2,1-2H3,(H,15,16,18). The number of amides is 2. The number of rotatable bonds is 3. The van der Waals surface area contributed by atoms with Crippen LogP contribution in [0.15, 0.2) is 34.1 Å². The van der Waals surface area contributed by atoms with Crippen molar-refractivity contribution in [1.82, 2.24) is 9.88 Å². The van der Waals surface area contributed by atoms with Crippen LogP contribution in [0.25, 0.3) is 0 Å². The summed E-state index contributed by atoms with van der Waals surface area (Å²) in [5.41, 5.74) is 1.98. The first-order valence-electron chi connectivity index (χ1n) is 5.74. The molecular weight excluding hydrogens is 326 g/mol. The maximum atomic E-state index is 12.0. The number of carbonyl (C=O) groups excluding carboxylic acids is 1. The smallest absolute Gasteiger partial charge is 0.323 e. The van der Waals surface area contributed by atoms with Crippen molar-refractivity contribution in [3.63, 3.8) is 0 Å². The van der Waals surface area contributed by atoms with Crippen LogP contribution in [0.3, 0.4) is 0 Å². The summed E-state index contributed by atoms with van der Waals surface area (Å²) in [6.45, 7) is 2.44. The van der Waals surface area contributed by atoms with Crippen molar-refractivity contribution in [2.75, 3.05) is 12.4 Å². The molecule has 100 valence electrons. The third-order valence-electron chi connectivity index (χ3n) is 2.54. The number of aryl methyl sites for hydroxylation is 1. The molecule has 2 amide bonds. The van der Waals surface area contributed by atoms with Gasteiger partial charge in [-0.15, -0.1) is 11.3 Å². The zero-order valence-corrected chi connectivity index (χ0v) is 13.1. The lowest BCUT2D eigenvalue weighted by Crippen LogP contribution is -2.30. The fraction of sp³-hybridized carbons (Fsp3) is 0.231. The van der Waals surface area contributed by atoms with Crippen molar-refractivity contribution in [3.05, 3.63) is 45.4 Å². The van der Waals surface area contributed by atoms with E-state index in [2.05, 4.69) is 26.2 Å². The van der Waals surface area contributed by atoms with Gasteiger partial charge in [0.05, 0.1) is 5.69 Å². The maximum Gasteiger partial charge on any atom is 0.323 e. The highest BCUT2D eigenvalue weighted by atomic mass is 79.9. The highest BCUT2D eigenvalue weighted by Crippen LogP contribution is 2.18. The molecule has 0 saturated carbocycles. The van der Waals surface area contributed by atoms with Crippen molar-refractivity contribution < 1.29 is 4.79 Å². The van der Waals surface area contributed by atoms with Gasteiger partial charge in [-0.25, -0.2) is 9.78 Å². The average Bonchev–Trinajstić information content (AvgIpc) is 2.77. The molecular formula is C13H14BrN3OS. The summed E-state index contributed by atoms with van der Waals surface area (Å²) in [7, 11) is 1.76. The van der Waals surface area contributed by atoms with Gasteiger partial charge in [0, 0.05) is 23.4 Å². The van der Waals surface area contributed by atoms with Crippen molar-refractivity contribution in [3.8, 4) is 0 Å². The molecule has 1 N–H and O–H groups in total. The van der Waals surface area contributed by atoms with Crippen molar-refractivity contribution in [2.45, 2.75) is 13.5 Å². The third kappa shape index (κ3) is 3.78. The van der Waals surface area contributed by atoms with E-state index in [1.807, 2.05) is 36.6 Å². The number of halogens is 1. The van der Waals surface area contributed by atoms with Crippen LogP contribution in [-0.2, 0) is 6.54 Å². The fourth-order valence-corrected chi connectivity index (χ4v) is 2.64. The fourth-order valence-electron chi connectivity index (χ4n) is 1.55. The molecule has 0 atom stereocenters. The molecule has 19 heavy (non-hydrogen) atoms. The minimum absolute atomic E-state index is 0.162. The Labute approximate surface area is 124 Å². The Hall–Kier alpha value is -1.40. The van der Waals surface area contributed by atoms with Gasteiger partial charge in [0.1, 0.15) is 0 Å². The lowest BCUT2D eigenvalue weighted by atomic mass is 10.2. The monoisotopic (exact) mass is 339 g/mol. The Morgan fingerprint density at radius 2 is 2.21 bits per heavy atom. The molecule has 0 unspecified atom stereocenters. The summed E-state index contributed by atoms with van der Waals surface area (Å²) in [4.78, 5) is 17.8. The van der Waals surface area contributed by atoms with Crippen LogP contribution in [0.5, 0.6) is 0 Å². The van der Waals surface area contributed by atoms with Crippen LogP contribution in [0.1, 0.15) is 11.3 Å². The number of nitrogens with one attached hydrogen (secondary N) is 1. The van der Waals surface area contributed by atoms with E-state index in [9.17, 15) is 4.79 Å². The number of carbonyl (C=O) groups is 1. The third-order valence-corrected chi connectivity index (χ3v) is 4.19. The summed E-state index contributed by atoms with van der Waals surface area (Å²) in [5.74, 6) is 0. The van der Waals surface area contributed by atoms with Gasteiger partial charge in [-0.05, 0) is 18.6 Å². The van der Waals surface area contributed by atoms with Crippen molar-refractivity contribution in [2.24, 2.45) is 0 Å². The first kappa shape index (κ1) is 14.0. The molecule has 0 aliphatic rings. The highest BCUT2D eigenvalue weighted by Gasteiger charge is 2.12. The molecule has 1 aromatic carbocycles. The quantitative estimate of drug-likeness (QED) is 0.922. The molecule has 0 spiro atoms. The molecule has 0 aliphatic heterocycles. The Morgan fingerprint density at radius 3 is 2.84 bits per heavy atom. The Morgan fingerprint density at radius 1 is 1.47 bits per heavy atom. The van der Waals surface area contributed by atoms with Crippen molar-refractivity contribution in [1.29, 1.82) is 0 Å². The first-order chi connectivity index (χ1) is 9.06. The van der Waals surface area contributed by atoms with E-state index in [0.29, 0.717) is 11.7 Å². The van der Waals surface area contributed by atoms with Crippen LogP contribution in [0.2, 0.25) is 0 Å². The minimum atomic E-state index is -0.162. The summed E-state index contributed by atoms with van der Waals surface area (Å²) in [6.07, 6.45) is 0. The SMILES string of the molecule is Cc1csc(NC(=O)N(C)Cc2ccccc2Br)n1. The Bertz CT molecular complexity index is 585. The number of hydrogen-bond acceptors (Lipinski definition) is 3. The van der Waals surface area contributed by atoms with Crippen LogP contribution >= 0.6 is 27.3 Å². The van der Waals surface area contributed by atoms with E-state index in [4.69, 9.17) is 0 Å². The molecule has 0 aliphatic carbocycles. The first-order valence-corrected chi connectivity index (χ1v) is 7.41. The second-order valence-corrected chi connectivity index (χ2v) is 5.88. The van der Waals surface area contributed by atoms with E-state index >= 15 is 0 Å². The topological polar surface area (TPSA) is 45.2 Å². The summed E-state index contributed by atoms with van der Waals surface area (Å²) < 4.78 is 1.000. The van der Waals surface area contributed by atoms with Gasteiger partial charge in [0.15, 0.2) is 5.13 Å². The number of aromatic nitrogens is 1. The summed E-state index contributed by atoms with van der Waals surface area (Å²) in [6, 6.07) is 7.69. The van der Waals surface area contributed by atoms with E-state index in [0.717, 1.165) is 15.7 Å². The number of hydrogen-bond donors (Lipinski definition) is 1. The molecule has 2 rings (SSSR count). The Balaban J connectivity index is 1.98. The second-order valence-electron chi connectivity index (χ2n) is 4.17. The zero-order valence-electron chi connectivity index (χ0n) is 10.7. The predicted molar refractivity (Wildman–Crippen MR) is 81.5 cm³/mol. The van der Waals surface area contributed by atoms with Gasteiger partial charge >= 0.3 is 6.03 Å². The Kier molecular flexibility index (Phi) is 4.55. The highest BCUT2D eigenvalue weighted by molar-refractivity contribution is 9.10. The zero-order chi connectivity index (χ0) is 13.8. The van der Waals surface area contributed by atoms with Crippen LogP contribution in [-0.4, -0.2) is 23.0 Å². The summed E-state index contributed by atoms with van der Waals surface area (Å²) >= 11 is 4.90. The molecule has 1 aromatic heterocycles. The van der Waals surface area contributed by atoms with Gasteiger partial charge in [-0.1, -0.05) is 34.1 Å². The molecule has 0 radical (unpaired) electrons. The molecule has 0 bridgehead atoms. The van der Waals surface area contributed by atoms with Crippen LogP contribution < -0.4 is 5.32 Å². The average molecular weight is 340 g/mol. The van der Waals surface area contributed by atoms with Crippen molar-refractivity contribution >= 4 is 38.4 Å². The number of benzene rings is 1. The molecule has 0 fully saturated rings. The lowest BCUT2D eigenvalue weighted by Gasteiger charge is -2.17. The summed E-state index contributed by atoms with van der Waals surface area (Å²) in [5, 5.41) is 5.31. The second kappa shape index (κ2) is 6.16. The molecule has 4 nitrogen and oxygen atoms in total. The van der Waals surface area contributed by atoms with E-state index in [1.54, 1.807) is 11.9 Å². The normalized spacial score (nSPS) is 10.3. The molecule has 6 heteroatoms. The van der Waals surface area contributed by atoms with Crippen LogP contribution in [0.4, 0.5) is 9.93 Å². The molecule has 0 saturated heterocycles. The van der Waals surface area contributed by atoms with Gasteiger partial charge < -0.3 is 4.90 Å². The van der Waals surface area contributed by atoms with Gasteiger partial charge in [-0.3, -0.25) is 5.32 Å². The lowest BCUT2D eigenvalue weighted by molar-refractivity contribution is 0.220. The molecule has 1 heterocycles. The number of urea groups is 1. The van der Waals surface area contributed by atoms with Gasteiger partial charge in [0.2, 0.25) is 0 Å². The predicted octanol–water partition coefficient (Wildman–Crippen LogP) is 3.88. The van der Waals surface area contributed by atoms with E-state index < -0.39 is 0 Å². The number of thiazole rings is 1. The largest absolute Gasteiger partial charge is 0.323 e. The van der Waals surface area contributed by atoms with Gasteiger partial charge in [-0.2, -0.15) is 0 Å². The number of anilines is 1. The maximum absolute atomic E-state index is 12.0. The van der Waals surface area contributed by atoms with E-state index in [-0.39, 0.29) is 6.03 Å². The van der Waals surface area contributed by atoms with E-state index in [1.165, 1.54) is 11.3 Å².